The molecule has 6 heteroatoms. The summed E-state index contributed by atoms with van der Waals surface area (Å²) in [7, 11) is 0. The summed E-state index contributed by atoms with van der Waals surface area (Å²) in [6.07, 6.45) is 11.2. The second-order valence-corrected chi connectivity index (χ2v) is 4.94. The van der Waals surface area contributed by atoms with Crippen LogP contribution in [-0.4, -0.2) is 37.2 Å². The van der Waals surface area contributed by atoms with Gasteiger partial charge in [-0.2, -0.15) is 5.10 Å². The van der Waals surface area contributed by atoms with Gasteiger partial charge in [0.05, 0.1) is 12.5 Å². The van der Waals surface area contributed by atoms with Gasteiger partial charge in [-0.1, -0.05) is 0 Å². The fourth-order valence-corrected chi connectivity index (χ4v) is 2.64. The molecule has 0 spiro atoms. The molecule has 0 amide bonds. The molecule has 1 saturated heterocycles. The van der Waals surface area contributed by atoms with Crippen molar-refractivity contribution < 1.29 is 0 Å². The van der Waals surface area contributed by atoms with Gasteiger partial charge < -0.3 is 9.47 Å². The van der Waals surface area contributed by atoms with Crippen molar-refractivity contribution in [1.82, 2.24) is 24.1 Å². The lowest BCUT2D eigenvalue weighted by Crippen LogP contribution is -2.49. The van der Waals surface area contributed by atoms with E-state index in [2.05, 4.69) is 24.5 Å². The molecule has 19 heavy (non-hydrogen) atoms. The maximum absolute atomic E-state index is 4.48. The molecule has 1 aliphatic rings. The molecule has 0 aromatic carbocycles. The van der Waals surface area contributed by atoms with Gasteiger partial charge in [-0.25, -0.2) is 14.5 Å². The first-order valence-electron chi connectivity index (χ1n) is 6.39. The maximum atomic E-state index is 4.48. The van der Waals surface area contributed by atoms with E-state index in [4.69, 9.17) is 0 Å². The van der Waals surface area contributed by atoms with E-state index < -0.39 is 0 Å². The summed E-state index contributed by atoms with van der Waals surface area (Å²) >= 11 is 0. The molecule has 4 rings (SSSR count). The van der Waals surface area contributed by atoms with Gasteiger partial charge >= 0.3 is 0 Å². The van der Waals surface area contributed by atoms with Crippen molar-refractivity contribution in [2.45, 2.75) is 6.54 Å². The first kappa shape index (κ1) is 10.5. The first-order chi connectivity index (χ1) is 9.40. The average molecular weight is 254 g/mol. The highest BCUT2D eigenvalue weighted by Gasteiger charge is 2.29. The number of fused-ring (bicyclic) bond motifs is 1. The Morgan fingerprint density at radius 2 is 2.11 bits per heavy atom. The van der Waals surface area contributed by atoms with Crippen molar-refractivity contribution in [1.29, 1.82) is 0 Å². The molecular weight excluding hydrogens is 240 g/mol. The smallest absolute Gasteiger partial charge is 0.154 e. The van der Waals surface area contributed by atoms with Gasteiger partial charge in [0.15, 0.2) is 5.82 Å². The number of imidazole rings is 1. The predicted molar refractivity (Wildman–Crippen MR) is 70.9 cm³/mol. The molecule has 0 radical (unpaired) electrons. The molecular formula is C13H14N6. The molecule has 3 aromatic rings. The average Bonchev–Trinajstić information content (AvgIpc) is 3.03. The zero-order valence-corrected chi connectivity index (χ0v) is 10.4. The first-order valence-corrected chi connectivity index (χ1v) is 6.39. The maximum Gasteiger partial charge on any atom is 0.154 e. The summed E-state index contributed by atoms with van der Waals surface area (Å²) in [5.41, 5.74) is 1.07. The van der Waals surface area contributed by atoms with E-state index in [1.165, 1.54) is 0 Å². The minimum absolute atomic E-state index is 0.666. The number of rotatable bonds is 3. The SMILES string of the molecule is c1cn(CC2CN(c3nccn4nccc34)C2)cn1. The topological polar surface area (TPSA) is 51.2 Å². The number of anilines is 1. The van der Waals surface area contributed by atoms with Crippen LogP contribution in [0.3, 0.4) is 0 Å². The van der Waals surface area contributed by atoms with E-state index in [-0.39, 0.29) is 0 Å². The number of hydrogen-bond acceptors (Lipinski definition) is 4. The molecule has 0 aliphatic carbocycles. The van der Waals surface area contributed by atoms with Gasteiger partial charge in [-0.05, 0) is 6.07 Å². The zero-order valence-electron chi connectivity index (χ0n) is 10.4. The third-order valence-electron chi connectivity index (χ3n) is 3.59. The van der Waals surface area contributed by atoms with Gasteiger partial charge in [0, 0.05) is 50.3 Å². The molecule has 0 saturated carbocycles. The second kappa shape index (κ2) is 4.08. The van der Waals surface area contributed by atoms with Gasteiger partial charge in [-0.3, -0.25) is 0 Å². The Hall–Kier alpha value is -2.37. The van der Waals surface area contributed by atoms with E-state index >= 15 is 0 Å². The van der Waals surface area contributed by atoms with Gasteiger partial charge in [0.2, 0.25) is 0 Å². The molecule has 96 valence electrons. The lowest BCUT2D eigenvalue weighted by Gasteiger charge is -2.40. The van der Waals surface area contributed by atoms with Crippen LogP contribution in [-0.2, 0) is 6.54 Å². The number of aromatic nitrogens is 5. The highest BCUT2D eigenvalue weighted by atomic mass is 15.3. The van der Waals surface area contributed by atoms with Crippen molar-refractivity contribution >= 4 is 11.3 Å². The van der Waals surface area contributed by atoms with E-state index in [0.717, 1.165) is 31.0 Å². The van der Waals surface area contributed by atoms with Crippen LogP contribution in [0.5, 0.6) is 0 Å². The van der Waals surface area contributed by atoms with Crippen LogP contribution in [0.1, 0.15) is 0 Å². The van der Waals surface area contributed by atoms with Crippen molar-refractivity contribution in [2.24, 2.45) is 5.92 Å². The summed E-state index contributed by atoms with van der Waals surface area (Å²) in [6, 6.07) is 2.01. The molecule has 0 atom stereocenters. The Balaban J connectivity index is 1.49. The van der Waals surface area contributed by atoms with E-state index in [9.17, 15) is 0 Å². The van der Waals surface area contributed by atoms with Crippen LogP contribution >= 0.6 is 0 Å². The highest BCUT2D eigenvalue weighted by molar-refractivity contribution is 5.69. The molecule has 6 nitrogen and oxygen atoms in total. The molecule has 1 aliphatic heterocycles. The lowest BCUT2D eigenvalue weighted by molar-refractivity contribution is 0.355. The van der Waals surface area contributed by atoms with Crippen molar-refractivity contribution in [2.75, 3.05) is 18.0 Å². The predicted octanol–water partition coefficient (Wildman–Crippen LogP) is 1.06. The molecule has 3 aromatic heterocycles. The Morgan fingerprint density at radius 3 is 2.95 bits per heavy atom. The van der Waals surface area contributed by atoms with Crippen LogP contribution in [0.2, 0.25) is 0 Å². The summed E-state index contributed by atoms with van der Waals surface area (Å²) in [5.74, 6) is 1.70. The Morgan fingerprint density at radius 1 is 1.16 bits per heavy atom. The fraction of sp³-hybridized carbons (Fsp3) is 0.308. The van der Waals surface area contributed by atoms with E-state index in [0.29, 0.717) is 5.92 Å². The Kier molecular flexibility index (Phi) is 2.26. The summed E-state index contributed by atoms with van der Waals surface area (Å²) in [6.45, 7) is 3.10. The molecule has 0 N–H and O–H groups in total. The Labute approximate surface area is 110 Å². The van der Waals surface area contributed by atoms with Crippen molar-refractivity contribution in [3.05, 3.63) is 43.4 Å². The molecule has 0 bridgehead atoms. The normalized spacial score (nSPS) is 15.9. The summed E-state index contributed by atoms with van der Waals surface area (Å²) < 4.78 is 4.00. The van der Waals surface area contributed by atoms with E-state index in [1.54, 1.807) is 6.20 Å². The second-order valence-electron chi connectivity index (χ2n) is 4.94. The van der Waals surface area contributed by atoms with Crippen molar-refractivity contribution in [3.8, 4) is 0 Å². The van der Waals surface area contributed by atoms with Gasteiger partial charge in [0.1, 0.15) is 5.52 Å². The van der Waals surface area contributed by atoms with Crippen LogP contribution in [0.15, 0.2) is 43.4 Å². The quantitative estimate of drug-likeness (QED) is 0.701. The van der Waals surface area contributed by atoms with Crippen LogP contribution in [0, 0.1) is 5.92 Å². The standard InChI is InChI=1S/C13H14N6/c1-2-16-19-6-4-15-13(12(1)19)18-8-11(9-18)7-17-5-3-14-10-17/h1-6,10-11H,7-9H2. The Bertz CT molecular complexity index is 680. The highest BCUT2D eigenvalue weighted by Crippen LogP contribution is 2.27. The van der Waals surface area contributed by atoms with Crippen molar-refractivity contribution in [3.63, 3.8) is 0 Å². The number of hydrogen-bond donors (Lipinski definition) is 0. The minimum Gasteiger partial charge on any atom is -0.354 e. The molecule has 1 fully saturated rings. The monoisotopic (exact) mass is 254 g/mol. The fourth-order valence-electron chi connectivity index (χ4n) is 2.64. The van der Waals surface area contributed by atoms with Crippen LogP contribution in [0.4, 0.5) is 5.82 Å². The molecule has 4 heterocycles. The van der Waals surface area contributed by atoms with Gasteiger partial charge in [0.25, 0.3) is 0 Å². The third-order valence-corrected chi connectivity index (χ3v) is 3.59. The molecule has 0 unspecified atom stereocenters. The lowest BCUT2D eigenvalue weighted by atomic mass is 10.00. The van der Waals surface area contributed by atoms with E-state index in [1.807, 2.05) is 41.7 Å². The van der Waals surface area contributed by atoms with Gasteiger partial charge in [-0.15, -0.1) is 0 Å². The van der Waals surface area contributed by atoms with Crippen LogP contribution in [0.25, 0.3) is 5.52 Å². The minimum atomic E-state index is 0.666. The third kappa shape index (κ3) is 1.76. The largest absolute Gasteiger partial charge is 0.354 e. The van der Waals surface area contributed by atoms with Crippen LogP contribution < -0.4 is 4.90 Å². The zero-order chi connectivity index (χ0) is 12.7. The summed E-state index contributed by atoms with van der Waals surface area (Å²) in [5, 5.41) is 4.24. The summed E-state index contributed by atoms with van der Waals surface area (Å²) in [4.78, 5) is 10.9. The number of nitrogens with zero attached hydrogens (tertiary/aromatic N) is 6.